The standard InChI is InChI=1S/C18H26N4O/c1-5-16-11-17(22(4)20-16)18(23)19-12-14-8-7-9-15(10-14)13-21(3)6-2/h7-11H,5-6,12-13H2,1-4H3,(H,19,23). The number of nitrogens with one attached hydrogen (secondary N) is 1. The van der Waals surface area contributed by atoms with E-state index in [0.717, 1.165) is 30.8 Å². The van der Waals surface area contributed by atoms with Gasteiger partial charge in [-0.05, 0) is 37.2 Å². The van der Waals surface area contributed by atoms with E-state index in [9.17, 15) is 4.79 Å². The largest absolute Gasteiger partial charge is 0.347 e. The molecule has 0 spiro atoms. The molecule has 0 aliphatic carbocycles. The van der Waals surface area contributed by atoms with Crippen LogP contribution in [0.3, 0.4) is 0 Å². The molecule has 0 bridgehead atoms. The van der Waals surface area contributed by atoms with Crippen molar-refractivity contribution in [1.29, 1.82) is 0 Å². The molecule has 2 rings (SSSR count). The van der Waals surface area contributed by atoms with Gasteiger partial charge in [-0.1, -0.05) is 38.1 Å². The second-order valence-corrected chi connectivity index (χ2v) is 5.83. The molecule has 0 saturated heterocycles. The van der Waals surface area contributed by atoms with Crippen LogP contribution in [0, 0.1) is 0 Å². The molecule has 2 aromatic rings. The summed E-state index contributed by atoms with van der Waals surface area (Å²) in [6.07, 6.45) is 0.827. The third-order valence-electron chi connectivity index (χ3n) is 3.96. The number of benzene rings is 1. The molecule has 0 unspecified atom stereocenters. The minimum Gasteiger partial charge on any atom is -0.347 e. The summed E-state index contributed by atoms with van der Waals surface area (Å²) in [4.78, 5) is 14.5. The Labute approximate surface area is 138 Å². The molecule has 0 atom stereocenters. The monoisotopic (exact) mass is 314 g/mol. The first-order valence-electron chi connectivity index (χ1n) is 8.11. The highest BCUT2D eigenvalue weighted by Crippen LogP contribution is 2.09. The van der Waals surface area contributed by atoms with Crippen molar-refractivity contribution in [2.75, 3.05) is 13.6 Å². The fourth-order valence-corrected chi connectivity index (χ4v) is 2.45. The van der Waals surface area contributed by atoms with E-state index in [0.29, 0.717) is 12.2 Å². The minimum absolute atomic E-state index is 0.0872. The van der Waals surface area contributed by atoms with Crippen LogP contribution in [0.25, 0.3) is 0 Å². The number of hydrogen-bond acceptors (Lipinski definition) is 3. The Morgan fingerprint density at radius 3 is 2.65 bits per heavy atom. The van der Waals surface area contributed by atoms with E-state index >= 15 is 0 Å². The molecule has 1 amide bonds. The van der Waals surface area contributed by atoms with Gasteiger partial charge >= 0.3 is 0 Å². The van der Waals surface area contributed by atoms with Gasteiger partial charge in [0.05, 0.1) is 5.69 Å². The quantitative estimate of drug-likeness (QED) is 0.853. The minimum atomic E-state index is -0.0872. The molecule has 1 aromatic heterocycles. The molecular formula is C18H26N4O. The van der Waals surface area contributed by atoms with Gasteiger partial charge in [0, 0.05) is 20.1 Å². The summed E-state index contributed by atoms with van der Waals surface area (Å²) in [5, 5.41) is 7.29. The number of carbonyl (C=O) groups is 1. The molecule has 5 nitrogen and oxygen atoms in total. The average molecular weight is 314 g/mol. The average Bonchev–Trinajstić information content (AvgIpc) is 2.94. The van der Waals surface area contributed by atoms with Crippen molar-refractivity contribution in [3.8, 4) is 0 Å². The van der Waals surface area contributed by atoms with E-state index in [2.05, 4.69) is 41.4 Å². The maximum atomic E-state index is 12.3. The normalized spacial score (nSPS) is 11.0. The zero-order valence-electron chi connectivity index (χ0n) is 14.5. The first-order valence-corrected chi connectivity index (χ1v) is 8.11. The van der Waals surface area contributed by atoms with Crippen molar-refractivity contribution in [1.82, 2.24) is 20.0 Å². The highest BCUT2D eigenvalue weighted by atomic mass is 16.2. The Balaban J connectivity index is 1.98. The second-order valence-electron chi connectivity index (χ2n) is 5.83. The lowest BCUT2D eigenvalue weighted by molar-refractivity contribution is 0.0941. The zero-order chi connectivity index (χ0) is 16.8. The van der Waals surface area contributed by atoms with Crippen molar-refractivity contribution >= 4 is 5.91 Å². The van der Waals surface area contributed by atoms with E-state index in [-0.39, 0.29) is 5.91 Å². The van der Waals surface area contributed by atoms with Crippen LogP contribution >= 0.6 is 0 Å². The Morgan fingerprint density at radius 1 is 1.26 bits per heavy atom. The van der Waals surface area contributed by atoms with E-state index in [1.54, 1.807) is 11.7 Å². The maximum absolute atomic E-state index is 12.3. The predicted octanol–water partition coefficient (Wildman–Crippen LogP) is 2.36. The van der Waals surface area contributed by atoms with Crippen LogP contribution in [0.4, 0.5) is 0 Å². The highest BCUT2D eigenvalue weighted by molar-refractivity contribution is 5.92. The molecule has 0 aliphatic rings. The lowest BCUT2D eigenvalue weighted by atomic mass is 10.1. The Kier molecular flexibility index (Phi) is 5.93. The van der Waals surface area contributed by atoms with Crippen molar-refractivity contribution in [3.63, 3.8) is 0 Å². The summed E-state index contributed by atoms with van der Waals surface area (Å²) in [5.74, 6) is -0.0872. The van der Waals surface area contributed by atoms with E-state index in [4.69, 9.17) is 0 Å². The van der Waals surface area contributed by atoms with Gasteiger partial charge < -0.3 is 10.2 Å². The van der Waals surface area contributed by atoms with Crippen molar-refractivity contribution in [2.24, 2.45) is 7.05 Å². The predicted molar refractivity (Wildman–Crippen MR) is 92.2 cm³/mol. The molecule has 23 heavy (non-hydrogen) atoms. The van der Waals surface area contributed by atoms with Crippen LogP contribution in [0.1, 0.15) is 41.2 Å². The molecular weight excluding hydrogens is 288 g/mol. The summed E-state index contributed by atoms with van der Waals surface area (Å²) in [6, 6.07) is 10.2. The Hall–Kier alpha value is -2.14. The van der Waals surface area contributed by atoms with Gasteiger partial charge in [-0.2, -0.15) is 5.10 Å². The zero-order valence-corrected chi connectivity index (χ0v) is 14.5. The number of hydrogen-bond donors (Lipinski definition) is 1. The lowest BCUT2D eigenvalue weighted by Crippen LogP contribution is -2.25. The van der Waals surface area contributed by atoms with Crippen molar-refractivity contribution < 1.29 is 4.79 Å². The van der Waals surface area contributed by atoms with Crippen molar-refractivity contribution in [2.45, 2.75) is 33.4 Å². The van der Waals surface area contributed by atoms with Crippen LogP contribution in [-0.4, -0.2) is 34.2 Å². The number of rotatable bonds is 7. The summed E-state index contributed by atoms with van der Waals surface area (Å²) in [5.41, 5.74) is 3.90. The van der Waals surface area contributed by atoms with Gasteiger partial charge in [0.1, 0.15) is 5.69 Å². The van der Waals surface area contributed by atoms with Crippen LogP contribution < -0.4 is 5.32 Å². The number of aryl methyl sites for hydroxylation is 2. The smallest absolute Gasteiger partial charge is 0.269 e. The molecule has 1 aromatic carbocycles. The summed E-state index contributed by atoms with van der Waals surface area (Å²) >= 11 is 0. The molecule has 124 valence electrons. The molecule has 0 saturated carbocycles. The van der Waals surface area contributed by atoms with Gasteiger partial charge in [-0.15, -0.1) is 0 Å². The Morgan fingerprint density at radius 2 is 2.00 bits per heavy atom. The topological polar surface area (TPSA) is 50.2 Å². The number of aromatic nitrogens is 2. The molecule has 0 aliphatic heterocycles. The van der Waals surface area contributed by atoms with Crippen LogP contribution in [0.15, 0.2) is 30.3 Å². The second kappa shape index (κ2) is 7.92. The first-order chi connectivity index (χ1) is 11.0. The number of carbonyl (C=O) groups excluding carboxylic acids is 1. The number of nitrogens with zero attached hydrogens (tertiary/aromatic N) is 3. The van der Waals surface area contributed by atoms with Gasteiger partial charge in [0.2, 0.25) is 0 Å². The third-order valence-corrected chi connectivity index (χ3v) is 3.96. The van der Waals surface area contributed by atoms with E-state index in [1.165, 1.54) is 5.56 Å². The fourth-order valence-electron chi connectivity index (χ4n) is 2.45. The van der Waals surface area contributed by atoms with Gasteiger partial charge in [0.15, 0.2) is 0 Å². The van der Waals surface area contributed by atoms with Crippen LogP contribution in [0.5, 0.6) is 0 Å². The summed E-state index contributed by atoms with van der Waals surface area (Å²) < 4.78 is 1.64. The van der Waals surface area contributed by atoms with Gasteiger partial charge in [0.25, 0.3) is 5.91 Å². The molecule has 1 heterocycles. The van der Waals surface area contributed by atoms with Crippen LogP contribution in [0.2, 0.25) is 0 Å². The van der Waals surface area contributed by atoms with Crippen LogP contribution in [-0.2, 0) is 26.6 Å². The summed E-state index contributed by atoms with van der Waals surface area (Å²) in [7, 11) is 3.90. The lowest BCUT2D eigenvalue weighted by Gasteiger charge is -2.14. The molecule has 1 N–H and O–H groups in total. The third kappa shape index (κ3) is 4.66. The van der Waals surface area contributed by atoms with E-state index < -0.39 is 0 Å². The molecule has 0 fully saturated rings. The highest BCUT2D eigenvalue weighted by Gasteiger charge is 2.12. The molecule has 5 heteroatoms. The SMILES string of the molecule is CCc1cc(C(=O)NCc2cccc(CN(C)CC)c2)n(C)n1. The fraction of sp³-hybridized carbons (Fsp3) is 0.444. The van der Waals surface area contributed by atoms with Gasteiger partial charge in [-0.25, -0.2) is 0 Å². The van der Waals surface area contributed by atoms with Crippen molar-refractivity contribution in [3.05, 3.63) is 52.8 Å². The van der Waals surface area contributed by atoms with E-state index in [1.807, 2.05) is 25.1 Å². The van der Waals surface area contributed by atoms with Gasteiger partial charge in [-0.3, -0.25) is 9.48 Å². The number of amides is 1. The maximum Gasteiger partial charge on any atom is 0.269 e. The Bertz CT molecular complexity index is 663. The molecule has 0 radical (unpaired) electrons. The summed E-state index contributed by atoms with van der Waals surface area (Å²) in [6.45, 7) is 6.63. The first kappa shape index (κ1) is 17.2.